The second kappa shape index (κ2) is 7.50. The highest BCUT2D eigenvalue weighted by atomic mass is 35.7. The van der Waals surface area contributed by atoms with E-state index in [9.17, 15) is 8.42 Å². The molecule has 21 heavy (non-hydrogen) atoms. The minimum Gasteiger partial charge on any atom is -0.493 e. The van der Waals surface area contributed by atoms with E-state index in [-0.39, 0.29) is 10.3 Å². The zero-order valence-corrected chi connectivity index (χ0v) is 14.9. The minimum atomic E-state index is -3.72. The lowest BCUT2D eigenvalue weighted by atomic mass is 9.86. The van der Waals surface area contributed by atoms with Gasteiger partial charge in [0.2, 0.25) is 0 Å². The van der Waals surface area contributed by atoms with Crippen LogP contribution >= 0.6 is 10.7 Å². The molecule has 0 aliphatic carbocycles. The van der Waals surface area contributed by atoms with Crippen LogP contribution in [0.1, 0.15) is 58.9 Å². The molecule has 0 amide bonds. The third-order valence-electron chi connectivity index (χ3n) is 3.30. The molecule has 0 atom stereocenters. The Hall–Kier alpha value is -0.740. The van der Waals surface area contributed by atoms with E-state index < -0.39 is 9.05 Å². The smallest absolute Gasteiger partial charge is 0.261 e. The molecule has 0 aromatic heterocycles. The average molecular weight is 333 g/mol. The lowest BCUT2D eigenvalue weighted by molar-refractivity contribution is 0.297. The summed E-state index contributed by atoms with van der Waals surface area (Å²) in [4.78, 5) is 0.118. The maximum atomic E-state index is 11.5. The Labute approximate surface area is 133 Å². The number of ether oxygens (including phenoxy) is 1. The zero-order chi connectivity index (χ0) is 16.1. The SMILES string of the molecule is CCCCCCOc1ccc(S(=O)(=O)Cl)cc1C(C)(C)C. The maximum Gasteiger partial charge on any atom is 0.261 e. The van der Waals surface area contributed by atoms with Gasteiger partial charge in [0.25, 0.3) is 9.05 Å². The van der Waals surface area contributed by atoms with E-state index in [0.29, 0.717) is 6.61 Å². The topological polar surface area (TPSA) is 43.4 Å². The molecule has 0 spiro atoms. The first kappa shape index (κ1) is 18.3. The van der Waals surface area contributed by atoms with Gasteiger partial charge < -0.3 is 4.74 Å². The highest BCUT2D eigenvalue weighted by molar-refractivity contribution is 8.13. The Morgan fingerprint density at radius 1 is 1.14 bits per heavy atom. The number of rotatable bonds is 7. The first-order valence-electron chi connectivity index (χ1n) is 7.38. The molecule has 0 N–H and O–H groups in total. The van der Waals surface area contributed by atoms with Crippen molar-refractivity contribution in [2.75, 3.05) is 6.61 Å². The Morgan fingerprint density at radius 3 is 2.33 bits per heavy atom. The van der Waals surface area contributed by atoms with Crippen LogP contribution < -0.4 is 4.74 Å². The summed E-state index contributed by atoms with van der Waals surface area (Å²) in [6.07, 6.45) is 4.55. The molecule has 0 bridgehead atoms. The molecule has 0 saturated heterocycles. The Balaban J connectivity index is 2.93. The van der Waals surface area contributed by atoms with Crippen molar-refractivity contribution >= 4 is 19.7 Å². The van der Waals surface area contributed by atoms with Crippen molar-refractivity contribution in [1.29, 1.82) is 0 Å². The van der Waals surface area contributed by atoms with Gasteiger partial charge in [0.05, 0.1) is 11.5 Å². The minimum absolute atomic E-state index is 0.118. The van der Waals surface area contributed by atoms with Gasteiger partial charge in [0, 0.05) is 16.2 Å². The van der Waals surface area contributed by atoms with Gasteiger partial charge in [-0.1, -0.05) is 47.0 Å². The van der Waals surface area contributed by atoms with Crippen molar-refractivity contribution in [3.05, 3.63) is 23.8 Å². The number of hydrogen-bond acceptors (Lipinski definition) is 3. The molecule has 0 fully saturated rings. The molecule has 0 heterocycles. The molecule has 0 unspecified atom stereocenters. The van der Waals surface area contributed by atoms with E-state index in [1.165, 1.54) is 18.9 Å². The van der Waals surface area contributed by atoms with Crippen LogP contribution in [-0.4, -0.2) is 15.0 Å². The van der Waals surface area contributed by atoms with Crippen LogP contribution in [0.3, 0.4) is 0 Å². The van der Waals surface area contributed by atoms with Gasteiger partial charge in [0.15, 0.2) is 0 Å². The predicted molar refractivity (Wildman–Crippen MR) is 87.8 cm³/mol. The number of unbranched alkanes of at least 4 members (excludes halogenated alkanes) is 3. The van der Waals surface area contributed by atoms with E-state index >= 15 is 0 Å². The number of halogens is 1. The van der Waals surface area contributed by atoms with Gasteiger partial charge in [0.1, 0.15) is 5.75 Å². The summed E-state index contributed by atoms with van der Waals surface area (Å²) >= 11 is 0. The lowest BCUT2D eigenvalue weighted by Crippen LogP contribution is -2.14. The van der Waals surface area contributed by atoms with Gasteiger partial charge in [-0.2, -0.15) is 0 Å². The first-order chi connectivity index (χ1) is 9.66. The van der Waals surface area contributed by atoms with Crippen LogP contribution in [0.4, 0.5) is 0 Å². The fourth-order valence-electron chi connectivity index (χ4n) is 2.08. The summed E-state index contributed by atoms with van der Waals surface area (Å²) in [6, 6.07) is 4.82. The van der Waals surface area contributed by atoms with E-state index in [1.54, 1.807) is 12.1 Å². The van der Waals surface area contributed by atoms with Crippen LogP contribution in [0.25, 0.3) is 0 Å². The highest BCUT2D eigenvalue weighted by Gasteiger charge is 2.22. The fourth-order valence-corrected chi connectivity index (χ4v) is 2.86. The second-order valence-corrected chi connectivity index (χ2v) is 8.82. The lowest BCUT2D eigenvalue weighted by Gasteiger charge is -2.23. The second-order valence-electron chi connectivity index (χ2n) is 6.25. The van der Waals surface area contributed by atoms with Crippen molar-refractivity contribution < 1.29 is 13.2 Å². The molecule has 120 valence electrons. The van der Waals surface area contributed by atoms with Crippen LogP contribution in [-0.2, 0) is 14.5 Å². The van der Waals surface area contributed by atoms with Gasteiger partial charge in [-0.3, -0.25) is 0 Å². The van der Waals surface area contributed by atoms with E-state index in [1.807, 2.05) is 20.8 Å². The van der Waals surface area contributed by atoms with Gasteiger partial charge in [-0.15, -0.1) is 0 Å². The summed E-state index contributed by atoms with van der Waals surface area (Å²) in [5.41, 5.74) is 0.649. The molecule has 1 rings (SSSR count). The summed E-state index contributed by atoms with van der Waals surface area (Å²) < 4.78 is 28.8. The van der Waals surface area contributed by atoms with Crippen molar-refractivity contribution in [2.24, 2.45) is 0 Å². The third-order valence-corrected chi connectivity index (χ3v) is 4.65. The van der Waals surface area contributed by atoms with Gasteiger partial charge in [-0.25, -0.2) is 8.42 Å². The molecule has 5 heteroatoms. The molecule has 0 saturated carbocycles. The summed E-state index contributed by atoms with van der Waals surface area (Å²) in [7, 11) is 1.71. The monoisotopic (exact) mass is 332 g/mol. The predicted octanol–water partition coefficient (Wildman–Crippen LogP) is 4.87. The molecule has 0 radical (unpaired) electrons. The largest absolute Gasteiger partial charge is 0.493 e. The highest BCUT2D eigenvalue weighted by Crippen LogP contribution is 2.34. The van der Waals surface area contributed by atoms with Crippen molar-refractivity contribution in [3.63, 3.8) is 0 Å². The van der Waals surface area contributed by atoms with E-state index in [2.05, 4.69) is 6.92 Å². The molecule has 3 nitrogen and oxygen atoms in total. The van der Waals surface area contributed by atoms with Gasteiger partial charge in [-0.05, 0) is 30.0 Å². The number of hydrogen-bond donors (Lipinski definition) is 0. The zero-order valence-electron chi connectivity index (χ0n) is 13.3. The third kappa shape index (κ3) is 5.87. The molecule has 0 aliphatic rings. The van der Waals surface area contributed by atoms with E-state index in [4.69, 9.17) is 15.4 Å². The number of benzene rings is 1. The fraction of sp³-hybridized carbons (Fsp3) is 0.625. The van der Waals surface area contributed by atoms with Crippen LogP contribution in [0.15, 0.2) is 23.1 Å². The summed E-state index contributed by atoms with van der Waals surface area (Å²) in [6.45, 7) is 8.89. The van der Waals surface area contributed by atoms with Gasteiger partial charge >= 0.3 is 0 Å². The Kier molecular flexibility index (Phi) is 6.54. The maximum absolute atomic E-state index is 11.5. The van der Waals surface area contributed by atoms with Crippen molar-refractivity contribution in [2.45, 2.75) is 63.7 Å². The molecular weight excluding hydrogens is 308 g/mol. The van der Waals surface area contributed by atoms with Crippen LogP contribution in [0.5, 0.6) is 5.75 Å². The van der Waals surface area contributed by atoms with E-state index in [0.717, 1.165) is 24.2 Å². The molecular formula is C16H25ClO3S. The van der Waals surface area contributed by atoms with Crippen molar-refractivity contribution in [1.82, 2.24) is 0 Å². The molecule has 1 aromatic rings. The first-order valence-corrected chi connectivity index (χ1v) is 9.69. The Morgan fingerprint density at radius 2 is 1.81 bits per heavy atom. The summed E-state index contributed by atoms with van der Waals surface area (Å²) in [5.74, 6) is 0.739. The Bertz CT molecular complexity index is 559. The molecule has 0 aliphatic heterocycles. The van der Waals surface area contributed by atoms with Crippen LogP contribution in [0.2, 0.25) is 0 Å². The van der Waals surface area contributed by atoms with Crippen LogP contribution in [0, 0.1) is 0 Å². The summed E-state index contributed by atoms with van der Waals surface area (Å²) in [5, 5.41) is 0. The standard InChI is InChI=1S/C16H25ClO3S/c1-5-6-7-8-11-20-15-10-9-13(21(17,18)19)12-14(15)16(2,3)4/h9-10,12H,5-8,11H2,1-4H3. The molecule has 1 aromatic carbocycles. The quantitative estimate of drug-likeness (QED) is 0.528. The van der Waals surface area contributed by atoms with Crippen molar-refractivity contribution in [3.8, 4) is 5.75 Å². The average Bonchev–Trinajstić information content (AvgIpc) is 2.36. The normalized spacial score (nSPS) is 12.4.